The number of rotatable bonds is 6. The summed E-state index contributed by atoms with van der Waals surface area (Å²) in [5.41, 5.74) is 2.11. The van der Waals surface area contributed by atoms with Gasteiger partial charge in [-0.05, 0) is 39.2 Å². The lowest BCUT2D eigenvalue weighted by Crippen LogP contribution is -2.37. The van der Waals surface area contributed by atoms with Crippen molar-refractivity contribution >= 4 is 11.6 Å². The zero-order valence-electron chi connectivity index (χ0n) is 12.1. The molecule has 1 aromatic rings. The lowest BCUT2D eigenvalue weighted by atomic mass is 9.82. The van der Waals surface area contributed by atoms with Gasteiger partial charge in [-0.3, -0.25) is 4.68 Å². The van der Waals surface area contributed by atoms with E-state index in [0.717, 1.165) is 55.3 Å². The standard InChI is InChI=1S/C14H24ClN3O/c1-4-12-14(15)13(18(5-2)16-12)9-17(3)8-10-6-11(19)7-10/h10-11,19H,4-9H2,1-3H3. The summed E-state index contributed by atoms with van der Waals surface area (Å²) in [6.45, 7) is 6.87. The Balaban J connectivity index is 1.99. The van der Waals surface area contributed by atoms with Crippen LogP contribution in [0, 0.1) is 5.92 Å². The van der Waals surface area contributed by atoms with Crippen molar-refractivity contribution in [2.75, 3.05) is 13.6 Å². The molecule has 0 aromatic carbocycles. The van der Waals surface area contributed by atoms with E-state index in [2.05, 4.69) is 30.9 Å². The molecule has 1 aliphatic rings. The molecule has 1 aliphatic carbocycles. The van der Waals surface area contributed by atoms with Gasteiger partial charge in [0.1, 0.15) is 0 Å². The summed E-state index contributed by atoms with van der Waals surface area (Å²) in [4.78, 5) is 2.28. The van der Waals surface area contributed by atoms with Crippen molar-refractivity contribution in [3.8, 4) is 0 Å². The zero-order valence-corrected chi connectivity index (χ0v) is 12.8. The van der Waals surface area contributed by atoms with Crippen molar-refractivity contribution in [2.45, 2.75) is 52.3 Å². The fourth-order valence-corrected chi connectivity index (χ4v) is 3.11. The van der Waals surface area contributed by atoms with Crippen LogP contribution in [0.2, 0.25) is 5.02 Å². The third-order valence-electron chi connectivity index (χ3n) is 3.89. The molecule has 19 heavy (non-hydrogen) atoms. The second-order valence-electron chi connectivity index (χ2n) is 5.56. The number of halogens is 1. The summed E-state index contributed by atoms with van der Waals surface area (Å²) in [5.74, 6) is 0.627. The molecule has 1 saturated carbocycles. The monoisotopic (exact) mass is 285 g/mol. The fraction of sp³-hybridized carbons (Fsp3) is 0.786. The molecular formula is C14H24ClN3O. The molecule has 0 saturated heterocycles. The van der Waals surface area contributed by atoms with Crippen LogP contribution in [0.15, 0.2) is 0 Å². The van der Waals surface area contributed by atoms with Crippen molar-refractivity contribution in [3.63, 3.8) is 0 Å². The van der Waals surface area contributed by atoms with E-state index in [1.54, 1.807) is 0 Å². The van der Waals surface area contributed by atoms with Gasteiger partial charge >= 0.3 is 0 Å². The zero-order chi connectivity index (χ0) is 14.0. The van der Waals surface area contributed by atoms with Crippen LogP contribution in [0.25, 0.3) is 0 Å². The normalized spacial score (nSPS) is 22.8. The Morgan fingerprint density at radius 1 is 1.42 bits per heavy atom. The number of hydrogen-bond acceptors (Lipinski definition) is 3. The van der Waals surface area contributed by atoms with E-state index in [4.69, 9.17) is 11.6 Å². The summed E-state index contributed by atoms with van der Waals surface area (Å²) >= 11 is 6.41. The van der Waals surface area contributed by atoms with Crippen LogP contribution >= 0.6 is 11.6 Å². The smallest absolute Gasteiger partial charge is 0.0863 e. The highest BCUT2D eigenvalue weighted by Gasteiger charge is 2.28. The average molecular weight is 286 g/mol. The second-order valence-corrected chi connectivity index (χ2v) is 5.94. The topological polar surface area (TPSA) is 41.3 Å². The predicted octanol–water partition coefficient (Wildman–Crippen LogP) is 2.32. The minimum atomic E-state index is -0.0742. The summed E-state index contributed by atoms with van der Waals surface area (Å²) in [6, 6.07) is 0. The van der Waals surface area contributed by atoms with Gasteiger partial charge in [0.15, 0.2) is 0 Å². The number of aliphatic hydroxyl groups is 1. The van der Waals surface area contributed by atoms with Crippen molar-refractivity contribution in [1.29, 1.82) is 0 Å². The van der Waals surface area contributed by atoms with Gasteiger partial charge in [0.2, 0.25) is 0 Å². The molecule has 1 fully saturated rings. The maximum absolute atomic E-state index is 9.33. The number of hydrogen-bond donors (Lipinski definition) is 1. The highest BCUT2D eigenvalue weighted by atomic mass is 35.5. The Morgan fingerprint density at radius 3 is 2.63 bits per heavy atom. The van der Waals surface area contributed by atoms with E-state index in [1.165, 1.54) is 0 Å². The first-order valence-electron chi connectivity index (χ1n) is 7.15. The molecule has 0 aliphatic heterocycles. The van der Waals surface area contributed by atoms with Gasteiger partial charge in [0.05, 0.1) is 22.5 Å². The van der Waals surface area contributed by atoms with Gasteiger partial charge in [-0.25, -0.2) is 0 Å². The SMILES string of the molecule is CCc1nn(CC)c(CN(C)CC2CC(O)C2)c1Cl. The highest BCUT2D eigenvalue weighted by molar-refractivity contribution is 6.31. The molecule has 108 valence electrons. The van der Waals surface area contributed by atoms with E-state index >= 15 is 0 Å². The summed E-state index contributed by atoms with van der Waals surface area (Å²) in [5, 5.41) is 14.7. The minimum absolute atomic E-state index is 0.0742. The van der Waals surface area contributed by atoms with Crippen molar-refractivity contribution in [1.82, 2.24) is 14.7 Å². The predicted molar refractivity (Wildman–Crippen MR) is 77.4 cm³/mol. The maximum atomic E-state index is 9.33. The Morgan fingerprint density at radius 2 is 2.11 bits per heavy atom. The summed E-state index contributed by atoms with van der Waals surface area (Å²) < 4.78 is 2.01. The minimum Gasteiger partial charge on any atom is -0.393 e. The second kappa shape index (κ2) is 6.25. The molecular weight excluding hydrogens is 262 g/mol. The Bertz CT molecular complexity index is 427. The average Bonchev–Trinajstić information content (AvgIpc) is 2.64. The number of aliphatic hydroxyl groups excluding tert-OH is 1. The van der Waals surface area contributed by atoms with Gasteiger partial charge in [-0.15, -0.1) is 0 Å². The molecule has 0 unspecified atom stereocenters. The third-order valence-corrected chi connectivity index (χ3v) is 4.33. The van der Waals surface area contributed by atoms with Crippen LogP contribution < -0.4 is 0 Å². The lowest BCUT2D eigenvalue weighted by Gasteiger charge is -2.34. The van der Waals surface area contributed by atoms with Gasteiger partial charge in [-0.2, -0.15) is 5.10 Å². The van der Waals surface area contributed by atoms with Crippen molar-refractivity contribution in [2.24, 2.45) is 5.92 Å². The molecule has 0 bridgehead atoms. The van der Waals surface area contributed by atoms with E-state index in [9.17, 15) is 5.11 Å². The number of aryl methyl sites for hydroxylation is 2. The molecule has 0 atom stereocenters. The Hall–Kier alpha value is -0.580. The first-order valence-corrected chi connectivity index (χ1v) is 7.53. The molecule has 1 N–H and O–H groups in total. The molecule has 0 amide bonds. The van der Waals surface area contributed by atoms with Crippen molar-refractivity contribution < 1.29 is 5.11 Å². The highest BCUT2D eigenvalue weighted by Crippen LogP contribution is 2.29. The van der Waals surface area contributed by atoms with E-state index in [1.807, 2.05) is 4.68 Å². The first-order chi connectivity index (χ1) is 9.05. The van der Waals surface area contributed by atoms with E-state index in [0.29, 0.717) is 5.92 Å². The van der Waals surface area contributed by atoms with Crippen LogP contribution in [-0.4, -0.2) is 39.5 Å². The van der Waals surface area contributed by atoms with Crippen LogP contribution in [0.5, 0.6) is 0 Å². The number of aromatic nitrogens is 2. The third kappa shape index (κ3) is 3.30. The molecule has 1 heterocycles. The van der Waals surface area contributed by atoms with Crippen LogP contribution in [0.1, 0.15) is 38.1 Å². The molecule has 1 aromatic heterocycles. The largest absolute Gasteiger partial charge is 0.393 e. The summed E-state index contributed by atoms with van der Waals surface area (Å²) in [6.07, 6.45) is 2.67. The molecule has 0 radical (unpaired) electrons. The fourth-order valence-electron chi connectivity index (χ4n) is 2.78. The lowest BCUT2D eigenvalue weighted by molar-refractivity contribution is 0.0271. The first kappa shape index (κ1) is 14.8. The van der Waals surface area contributed by atoms with Gasteiger partial charge in [0, 0.05) is 19.6 Å². The van der Waals surface area contributed by atoms with Crippen molar-refractivity contribution in [3.05, 3.63) is 16.4 Å². The Kier molecular flexibility index (Phi) is 4.87. The van der Waals surface area contributed by atoms with Crippen LogP contribution in [0.3, 0.4) is 0 Å². The number of nitrogens with zero attached hydrogens (tertiary/aromatic N) is 3. The van der Waals surface area contributed by atoms with Gasteiger partial charge < -0.3 is 10.0 Å². The van der Waals surface area contributed by atoms with Gasteiger partial charge in [0.25, 0.3) is 0 Å². The van der Waals surface area contributed by atoms with Crippen LogP contribution in [-0.2, 0) is 19.5 Å². The van der Waals surface area contributed by atoms with E-state index < -0.39 is 0 Å². The maximum Gasteiger partial charge on any atom is 0.0863 e. The Labute approximate surface area is 120 Å². The summed E-state index contributed by atoms with van der Waals surface area (Å²) in [7, 11) is 2.11. The molecule has 2 rings (SSSR count). The molecule has 5 heteroatoms. The van der Waals surface area contributed by atoms with E-state index in [-0.39, 0.29) is 6.10 Å². The molecule has 4 nitrogen and oxygen atoms in total. The molecule has 0 spiro atoms. The van der Waals surface area contributed by atoms with Gasteiger partial charge in [-0.1, -0.05) is 18.5 Å². The van der Waals surface area contributed by atoms with Crippen LogP contribution in [0.4, 0.5) is 0 Å². The quantitative estimate of drug-likeness (QED) is 0.872.